The molecule has 1 nitrogen and oxygen atoms in total. The molecule has 0 spiro atoms. The van der Waals surface area contributed by atoms with Crippen molar-refractivity contribution >= 4 is 16.1 Å². The molecule has 1 fully saturated rings. The number of benzene rings is 2. The van der Waals surface area contributed by atoms with Gasteiger partial charge in [0.2, 0.25) is 0 Å². The van der Waals surface area contributed by atoms with E-state index in [9.17, 15) is 0 Å². The van der Waals surface area contributed by atoms with Crippen LogP contribution in [0.15, 0.2) is 82.4 Å². The molecule has 4 heteroatoms. The average Bonchev–Trinajstić information content (AvgIpc) is 3.33. The molecule has 2 aliphatic heterocycles. The van der Waals surface area contributed by atoms with Gasteiger partial charge in [0.25, 0.3) is 0 Å². The van der Waals surface area contributed by atoms with Crippen molar-refractivity contribution in [2.45, 2.75) is 71.6 Å². The molecular formula is C28H39CrNP2+2. The van der Waals surface area contributed by atoms with Crippen LogP contribution < -0.4 is 0 Å². The Kier molecular flexibility index (Phi) is 9.39. The molecule has 1 saturated heterocycles. The molecule has 0 aromatic heterocycles. The molecule has 0 saturated carbocycles. The van der Waals surface area contributed by atoms with E-state index in [0.29, 0.717) is 11.3 Å². The van der Waals surface area contributed by atoms with E-state index >= 15 is 0 Å². The zero-order valence-electron chi connectivity index (χ0n) is 20.3. The fraction of sp³-hybridized carbons (Fsp3) is 0.429. The second-order valence-electron chi connectivity index (χ2n) is 9.28. The zero-order valence-corrected chi connectivity index (χ0v) is 23.6. The summed E-state index contributed by atoms with van der Waals surface area (Å²) in [7, 11) is -1.59. The number of allylic oxidation sites excluding steroid dienone is 4. The molecule has 0 radical (unpaired) electrons. The molecule has 2 aliphatic rings. The Morgan fingerprint density at radius 3 is 1.59 bits per heavy atom. The standard InChI is InChI=1S/C28H37NP2.Cr/c1-6-7-20-29(30-23(4)21(2)22(3)24(30)5)31-27(25-14-10-8-11-15-25)18-19-28(31)26-16-12-9-13-17-26;/h8-17,27-28H,6-7,18-20H2,1-5H3;/p+2/t27-,28-;/m0./s1. The fourth-order valence-electron chi connectivity index (χ4n) is 5.58. The van der Waals surface area contributed by atoms with Gasteiger partial charge >= 0.3 is 0 Å². The molecular weight excluding hydrogens is 464 g/mol. The van der Waals surface area contributed by atoms with Gasteiger partial charge in [-0.15, -0.1) is 0 Å². The van der Waals surface area contributed by atoms with Crippen LogP contribution in [0.4, 0.5) is 0 Å². The molecule has 0 unspecified atom stereocenters. The largest absolute Gasteiger partial charge is 0.164 e. The van der Waals surface area contributed by atoms with E-state index in [1.807, 2.05) is 0 Å². The summed E-state index contributed by atoms with van der Waals surface area (Å²) in [5, 5.41) is 3.39. The maximum Gasteiger partial charge on any atom is 0.164 e. The minimum atomic E-state index is -0.800. The SMILES string of the molecule is CCCCN([PH+]1C(C)=C(C)C(C)=C1C)[PH+]1[C@H](c2ccccc2)CC[C@H]1c1ccccc1.[Cr]. The van der Waals surface area contributed by atoms with Crippen molar-refractivity contribution in [2.24, 2.45) is 0 Å². The van der Waals surface area contributed by atoms with E-state index in [1.54, 1.807) is 32.9 Å². The van der Waals surface area contributed by atoms with Crippen molar-refractivity contribution in [3.8, 4) is 0 Å². The van der Waals surface area contributed by atoms with E-state index in [-0.39, 0.29) is 17.4 Å². The van der Waals surface area contributed by atoms with Gasteiger partial charge in [0.1, 0.15) is 19.4 Å². The normalized spacial score (nSPS) is 22.2. The third-order valence-corrected chi connectivity index (χ3v) is 15.5. The summed E-state index contributed by atoms with van der Waals surface area (Å²) in [6, 6.07) is 22.9. The van der Waals surface area contributed by atoms with Gasteiger partial charge in [-0.05, 0) is 69.2 Å². The summed E-state index contributed by atoms with van der Waals surface area (Å²) < 4.78 is 3.12. The summed E-state index contributed by atoms with van der Waals surface area (Å²) >= 11 is 0. The molecule has 32 heavy (non-hydrogen) atoms. The second-order valence-corrected chi connectivity index (χ2v) is 15.3. The van der Waals surface area contributed by atoms with Crippen LogP contribution in [-0.2, 0) is 17.4 Å². The van der Waals surface area contributed by atoms with Crippen molar-refractivity contribution in [1.29, 1.82) is 0 Å². The van der Waals surface area contributed by atoms with Crippen LogP contribution in [0, 0.1) is 0 Å². The second kappa shape index (κ2) is 11.6. The van der Waals surface area contributed by atoms with Crippen LogP contribution in [0.2, 0.25) is 0 Å². The van der Waals surface area contributed by atoms with Gasteiger partial charge < -0.3 is 0 Å². The summed E-state index contributed by atoms with van der Waals surface area (Å²) in [4.78, 5) is 0. The first-order chi connectivity index (χ1) is 15.0. The topological polar surface area (TPSA) is 3.24 Å². The molecule has 0 aliphatic carbocycles. The molecule has 0 bridgehead atoms. The predicted molar refractivity (Wildman–Crippen MR) is 143 cm³/mol. The van der Waals surface area contributed by atoms with Crippen LogP contribution in [0.5, 0.6) is 0 Å². The van der Waals surface area contributed by atoms with Crippen LogP contribution in [0.3, 0.4) is 0 Å². The first-order valence-corrected chi connectivity index (χ1v) is 15.1. The molecule has 0 N–H and O–H groups in total. The van der Waals surface area contributed by atoms with Gasteiger partial charge in [0.15, 0.2) is 8.07 Å². The quantitative estimate of drug-likeness (QED) is 0.341. The summed E-state index contributed by atoms with van der Waals surface area (Å²) in [6.45, 7) is 13.2. The molecule has 0 amide bonds. The Balaban J connectivity index is 0.00000289. The fourth-order valence-corrected chi connectivity index (χ4v) is 15.0. The molecule has 2 aromatic rings. The van der Waals surface area contributed by atoms with Gasteiger partial charge in [-0.25, -0.2) is 0 Å². The maximum atomic E-state index is 3.12. The third-order valence-electron chi connectivity index (χ3n) is 7.58. The Hall–Kier alpha value is -0.728. The summed E-state index contributed by atoms with van der Waals surface area (Å²) in [5.41, 5.74) is 7.73. The van der Waals surface area contributed by atoms with Crippen molar-refractivity contribution in [3.63, 3.8) is 0 Å². The number of nitrogens with zero attached hydrogens (tertiary/aromatic N) is 1. The van der Waals surface area contributed by atoms with Crippen molar-refractivity contribution in [3.05, 3.63) is 93.6 Å². The van der Waals surface area contributed by atoms with Crippen LogP contribution in [0.25, 0.3) is 0 Å². The molecule has 2 heterocycles. The van der Waals surface area contributed by atoms with E-state index in [1.165, 1.54) is 32.2 Å². The number of hydrogen-bond donors (Lipinski definition) is 0. The van der Waals surface area contributed by atoms with E-state index in [2.05, 4.69) is 99.7 Å². The van der Waals surface area contributed by atoms with E-state index in [0.717, 1.165) is 0 Å². The van der Waals surface area contributed by atoms with Gasteiger partial charge in [0.05, 0.1) is 17.2 Å². The minimum Gasteiger partial charge on any atom is -0.0653 e. The Morgan fingerprint density at radius 1 is 0.750 bits per heavy atom. The van der Waals surface area contributed by atoms with Crippen molar-refractivity contribution in [1.82, 2.24) is 4.44 Å². The van der Waals surface area contributed by atoms with Gasteiger partial charge in [-0.2, -0.15) is 0 Å². The average molecular weight is 504 g/mol. The molecule has 170 valence electrons. The van der Waals surface area contributed by atoms with E-state index < -0.39 is 16.1 Å². The summed E-state index contributed by atoms with van der Waals surface area (Å²) in [5.74, 6) is 0. The molecule has 2 aromatic carbocycles. The van der Waals surface area contributed by atoms with Crippen molar-refractivity contribution in [2.75, 3.05) is 6.54 Å². The molecule has 4 rings (SSSR count). The Labute approximate surface area is 209 Å². The van der Waals surface area contributed by atoms with Crippen LogP contribution in [0.1, 0.15) is 82.7 Å². The predicted octanol–water partition coefficient (Wildman–Crippen LogP) is 9.22. The van der Waals surface area contributed by atoms with Crippen LogP contribution in [-0.4, -0.2) is 11.0 Å². The van der Waals surface area contributed by atoms with Crippen LogP contribution >= 0.6 is 16.1 Å². The number of hydrogen-bond acceptors (Lipinski definition) is 1. The Bertz CT molecular complexity index is 882. The third kappa shape index (κ3) is 5.02. The van der Waals surface area contributed by atoms with Gasteiger partial charge in [0, 0.05) is 17.4 Å². The van der Waals surface area contributed by atoms with E-state index in [4.69, 9.17) is 0 Å². The maximum absolute atomic E-state index is 3.12. The first-order valence-electron chi connectivity index (χ1n) is 12.0. The van der Waals surface area contributed by atoms with Crippen molar-refractivity contribution < 1.29 is 17.4 Å². The van der Waals surface area contributed by atoms with Gasteiger partial charge in [-0.1, -0.05) is 78.4 Å². The monoisotopic (exact) mass is 503 g/mol. The summed E-state index contributed by atoms with van der Waals surface area (Å²) in [6.07, 6.45) is 5.25. The minimum absolute atomic E-state index is 0. The first kappa shape index (κ1) is 25.9. The zero-order chi connectivity index (χ0) is 22.0. The Morgan fingerprint density at radius 2 is 1.19 bits per heavy atom. The molecule has 2 atom stereocenters. The smallest absolute Gasteiger partial charge is 0.0653 e. The number of unbranched alkanes of at least 4 members (excludes halogenated alkanes) is 1. The number of rotatable bonds is 7. The van der Waals surface area contributed by atoms with Gasteiger partial charge in [-0.3, -0.25) is 0 Å².